The highest BCUT2D eigenvalue weighted by atomic mass is 35.5. The molecule has 2 aromatic carbocycles. The smallest absolute Gasteiger partial charge is 0.268 e. The van der Waals surface area contributed by atoms with Crippen molar-refractivity contribution < 1.29 is 13.6 Å². The van der Waals surface area contributed by atoms with Gasteiger partial charge in [0.15, 0.2) is 5.82 Å². The van der Waals surface area contributed by atoms with Gasteiger partial charge in [-0.1, -0.05) is 41.9 Å². The van der Waals surface area contributed by atoms with Crippen molar-refractivity contribution >= 4 is 17.9 Å². The zero-order chi connectivity index (χ0) is 18.7. The number of nitrogens with zero attached hydrogens (tertiary/aromatic N) is 2. The summed E-state index contributed by atoms with van der Waals surface area (Å²) in [7, 11) is 0. The third kappa shape index (κ3) is 3.55. The van der Waals surface area contributed by atoms with Crippen LogP contribution in [-0.4, -0.2) is 16.1 Å². The molecule has 132 valence electrons. The molecule has 0 amide bonds. The maximum Gasteiger partial charge on any atom is 0.268 e. The minimum atomic E-state index is -0.971. The lowest BCUT2D eigenvalue weighted by molar-refractivity contribution is -0.110. The molecule has 4 nitrogen and oxygen atoms in total. The molecule has 0 saturated heterocycles. The van der Waals surface area contributed by atoms with Crippen LogP contribution in [0.2, 0.25) is 5.02 Å². The Balaban J connectivity index is 1.99. The van der Waals surface area contributed by atoms with Crippen LogP contribution in [-0.2, 0) is 11.2 Å². The first-order valence-corrected chi connectivity index (χ1v) is 8.11. The van der Waals surface area contributed by atoms with E-state index in [-0.39, 0.29) is 17.0 Å². The summed E-state index contributed by atoms with van der Waals surface area (Å²) in [6.07, 6.45) is 2.03. The fourth-order valence-corrected chi connectivity index (χ4v) is 2.80. The molecule has 0 aliphatic carbocycles. The molecule has 1 aromatic heterocycles. The topological polar surface area (TPSA) is 52.0 Å². The van der Waals surface area contributed by atoms with Gasteiger partial charge in [-0.3, -0.25) is 4.79 Å². The van der Waals surface area contributed by atoms with Crippen molar-refractivity contribution in [3.63, 3.8) is 0 Å². The highest BCUT2D eigenvalue weighted by Crippen LogP contribution is 2.29. The molecule has 1 atom stereocenters. The minimum Gasteiger partial charge on any atom is -0.301 e. The highest BCUT2D eigenvalue weighted by molar-refractivity contribution is 6.31. The van der Waals surface area contributed by atoms with Crippen molar-refractivity contribution in [2.45, 2.75) is 12.5 Å². The van der Waals surface area contributed by atoms with Crippen LogP contribution in [0.25, 0.3) is 11.1 Å². The third-order valence-electron chi connectivity index (χ3n) is 3.92. The van der Waals surface area contributed by atoms with Crippen LogP contribution in [0.3, 0.4) is 0 Å². The maximum absolute atomic E-state index is 14.1. The number of aromatic nitrogens is 2. The Morgan fingerprint density at radius 1 is 1.15 bits per heavy atom. The number of carbonyl (C=O) groups is 1. The molecule has 0 spiro atoms. The molecule has 3 rings (SSSR count). The van der Waals surface area contributed by atoms with Crippen LogP contribution in [0.4, 0.5) is 8.78 Å². The minimum absolute atomic E-state index is 0.0480. The zero-order valence-electron chi connectivity index (χ0n) is 13.4. The van der Waals surface area contributed by atoms with E-state index < -0.39 is 28.8 Å². The van der Waals surface area contributed by atoms with E-state index in [2.05, 4.69) is 5.10 Å². The predicted molar refractivity (Wildman–Crippen MR) is 94.1 cm³/mol. The lowest BCUT2D eigenvalue weighted by Gasteiger charge is -2.13. The standard InChI is InChI=1S/C19H13ClF2N2O2/c20-15-6-7-16(21)18(19(15)22)13-9-17(26)24(23-10-13)14(11-25)8-12-4-2-1-3-5-12/h1-7,9-11,14H,8H2. The summed E-state index contributed by atoms with van der Waals surface area (Å²) in [5, 5.41) is 3.67. The third-order valence-corrected chi connectivity index (χ3v) is 4.21. The second-order valence-corrected chi connectivity index (χ2v) is 6.05. The van der Waals surface area contributed by atoms with E-state index in [9.17, 15) is 18.4 Å². The summed E-state index contributed by atoms with van der Waals surface area (Å²) < 4.78 is 29.1. The predicted octanol–water partition coefficient (Wildman–Crippen LogP) is 3.82. The van der Waals surface area contributed by atoms with Gasteiger partial charge < -0.3 is 4.79 Å². The molecule has 1 heterocycles. The quantitative estimate of drug-likeness (QED) is 0.504. The van der Waals surface area contributed by atoms with Crippen LogP contribution in [0.5, 0.6) is 0 Å². The van der Waals surface area contributed by atoms with E-state index >= 15 is 0 Å². The van der Waals surface area contributed by atoms with E-state index in [1.165, 1.54) is 0 Å². The zero-order valence-corrected chi connectivity index (χ0v) is 14.2. The van der Waals surface area contributed by atoms with Gasteiger partial charge >= 0.3 is 0 Å². The molecule has 0 fully saturated rings. The van der Waals surface area contributed by atoms with Crippen molar-refractivity contribution in [1.29, 1.82) is 0 Å². The molecule has 0 saturated carbocycles. The number of rotatable bonds is 5. The molecule has 3 aromatic rings. The number of aldehydes is 1. The van der Waals surface area contributed by atoms with Crippen LogP contribution in [0.1, 0.15) is 11.6 Å². The summed E-state index contributed by atoms with van der Waals surface area (Å²) in [5.41, 5.74) is -0.267. The van der Waals surface area contributed by atoms with Gasteiger partial charge in [-0.25, -0.2) is 13.5 Å². The molecule has 7 heteroatoms. The second kappa shape index (κ2) is 7.58. The Kier molecular flexibility index (Phi) is 5.23. The van der Waals surface area contributed by atoms with Crippen LogP contribution < -0.4 is 5.56 Å². The van der Waals surface area contributed by atoms with E-state index in [1.807, 2.05) is 30.3 Å². The van der Waals surface area contributed by atoms with Crippen LogP contribution in [0.15, 0.2) is 59.5 Å². The largest absolute Gasteiger partial charge is 0.301 e. The molecular weight excluding hydrogens is 362 g/mol. The lowest BCUT2D eigenvalue weighted by atomic mass is 10.1. The molecule has 0 N–H and O–H groups in total. The fourth-order valence-electron chi connectivity index (χ4n) is 2.64. The number of halogens is 3. The van der Waals surface area contributed by atoms with Crippen molar-refractivity contribution in [2.75, 3.05) is 0 Å². The van der Waals surface area contributed by atoms with Gasteiger partial charge in [-0.15, -0.1) is 0 Å². The van der Waals surface area contributed by atoms with Gasteiger partial charge in [-0.2, -0.15) is 5.10 Å². The molecule has 0 aliphatic rings. The van der Waals surface area contributed by atoms with Gasteiger partial charge in [0.05, 0.1) is 16.8 Å². The highest BCUT2D eigenvalue weighted by Gasteiger charge is 2.18. The Hall–Kier alpha value is -2.86. The SMILES string of the molecule is O=CC(Cc1ccccc1)n1ncc(-c2c(F)ccc(Cl)c2F)cc1=O. The number of carbonyl (C=O) groups excluding carboxylic acids is 1. The number of benzene rings is 2. The monoisotopic (exact) mass is 374 g/mol. The first kappa shape index (κ1) is 17.9. The van der Waals surface area contributed by atoms with Gasteiger partial charge in [0.2, 0.25) is 0 Å². The van der Waals surface area contributed by atoms with Gasteiger partial charge in [0.25, 0.3) is 5.56 Å². The molecular formula is C19H13ClF2N2O2. The number of hydrogen-bond acceptors (Lipinski definition) is 3. The number of hydrogen-bond donors (Lipinski definition) is 0. The Bertz CT molecular complexity index is 1010. The van der Waals surface area contributed by atoms with Gasteiger partial charge in [-0.05, 0) is 17.7 Å². The van der Waals surface area contributed by atoms with E-state index in [4.69, 9.17) is 11.6 Å². The molecule has 0 radical (unpaired) electrons. The first-order chi connectivity index (χ1) is 12.5. The fraction of sp³-hybridized carbons (Fsp3) is 0.105. The summed E-state index contributed by atoms with van der Waals surface area (Å²) in [6, 6.07) is 11.4. The van der Waals surface area contributed by atoms with Gasteiger partial charge in [0.1, 0.15) is 18.1 Å². The Morgan fingerprint density at radius 2 is 1.88 bits per heavy atom. The molecule has 26 heavy (non-hydrogen) atoms. The first-order valence-electron chi connectivity index (χ1n) is 7.73. The van der Waals surface area contributed by atoms with Crippen molar-refractivity contribution in [3.8, 4) is 11.1 Å². The van der Waals surface area contributed by atoms with E-state index in [0.29, 0.717) is 6.29 Å². The second-order valence-electron chi connectivity index (χ2n) is 5.64. The summed E-state index contributed by atoms with van der Waals surface area (Å²) >= 11 is 5.68. The Morgan fingerprint density at radius 3 is 2.54 bits per heavy atom. The Labute approximate surface area is 152 Å². The van der Waals surface area contributed by atoms with Crippen LogP contribution in [0, 0.1) is 11.6 Å². The maximum atomic E-state index is 14.1. The van der Waals surface area contributed by atoms with Crippen molar-refractivity contribution in [2.24, 2.45) is 0 Å². The summed E-state index contributed by atoms with van der Waals surface area (Å²) in [4.78, 5) is 23.8. The summed E-state index contributed by atoms with van der Waals surface area (Å²) in [5.74, 6) is -1.83. The van der Waals surface area contributed by atoms with E-state index in [1.54, 1.807) is 0 Å². The average Bonchev–Trinajstić information content (AvgIpc) is 2.64. The molecule has 1 unspecified atom stereocenters. The normalized spacial score (nSPS) is 12.0. The van der Waals surface area contributed by atoms with Crippen molar-refractivity contribution in [1.82, 2.24) is 9.78 Å². The molecule has 0 aliphatic heterocycles. The lowest BCUT2D eigenvalue weighted by Crippen LogP contribution is -2.29. The van der Waals surface area contributed by atoms with Gasteiger partial charge in [0, 0.05) is 18.1 Å². The molecule has 0 bridgehead atoms. The van der Waals surface area contributed by atoms with Crippen LogP contribution >= 0.6 is 11.6 Å². The average molecular weight is 375 g/mol. The van der Waals surface area contributed by atoms with E-state index in [0.717, 1.165) is 34.6 Å². The van der Waals surface area contributed by atoms with Crippen molar-refractivity contribution in [3.05, 3.63) is 87.3 Å². The summed E-state index contributed by atoms with van der Waals surface area (Å²) in [6.45, 7) is 0.